The molecule has 1 aromatic carbocycles. The van der Waals surface area contributed by atoms with Gasteiger partial charge in [0.2, 0.25) is 6.23 Å². The molecule has 0 radical (unpaired) electrons. The highest BCUT2D eigenvalue weighted by atomic mass is 19.4. The average molecular weight is 276 g/mol. The normalized spacial score (nSPS) is 19.8. The van der Waals surface area contributed by atoms with Gasteiger partial charge in [-0.1, -0.05) is 0 Å². The van der Waals surface area contributed by atoms with Gasteiger partial charge in [-0.15, -0.1) is 0 Å². The summed E-state index contributed by atoms with van der Waals surface area (Å²) < 4.78 is 42.9. The number of hydrogen-bond acceptors (Lipinski definition) is 4. The molecule has 1 saturated heterocycles. The number of nitro groups is 1. The van der Waals surface area contributed by atoms with Crippen LogP contribution in [0, 0.1) is 17.0 Å². The molecular formula is C11H11F3N2O3. The Bertz CT molecular complexity index is 504. The molecule has 0 N–H and O–H groups in total. The smallest absolute Gasteiger partial charge is 0.348 e. The molecule has 0 aromatic heterocycles. The zero-order chi connectivity index (χ0) is 14.2. The second-order valence-electron chi connectivity index (χ2n) is 4.19. The maximum atomic E-state index is 12.7. The van der Waals surface area contributed by atoms with E-state index in [4.69, 9.17) is 0 Å². The number of halogens is 3. The summed E-state index contributed by atoms with van der Waals surface area (Å²) in [6.45, 7) is 1.56. The Hall–Kier alpha value is -1.83. The largest absolute Gasteiger partial charge is 0.433 e. The Labute approximate surface area is 106 Å². The van der Waals surface area contributed by atoms with Crippen LogP contribution in [0.2, 0.25) is 0 Å². The Morgan fingerprint density at radius 3 is 2.68 bits per heavy atom. The van der Waals surface area contributed by atoms with Crippen molar-refractivity contribution in [3.63, 3.8) is 0 Å². The van der Waals surface area contributed by atoms with Gasteiger partial charge in [0, 0.05) is 23.9 Å². The van der Waals surface area contributed by atoms with Crippen molar-refractivity contribution in [2.24, 2.45) is 0 Å². The molecular weight excluding hydrogens is 265 g/mol. The van der Waals surface area contributed by atoms with E-state index in [2.05, 4.69) is 4.74 Å². The maximum absolute atomic E-state index is 12.7. The number of ether oxygens (including phenoxy) is 1. The van der Waals surface area contributed by atoms with Gasteiger partial charge in [0.05, 0.1) is 11.5 Å². The first-order valence-corrected chi connectivity index (χ1v) is 5.50. The first kappa shape index (κ1) is 13.6. The fourth-order valence-electron chi connectivity index (χ4n) is 2.03. The number of nitro benzene ring substituents is 1. The molecule has 0 saturated carbocycles. The summed E-state index contributed by atoms with van der Waals surface area (Å²) in [6, 6.07) is 3.88. The number of rotatable bonds is 2. The fraction of sp³-hybridized carbons (Fsp3) is 0.455. The molecule has 19 heavy (non-hydrogen) atoms. The van der Waals surface area contributed by atoms with E-state index in [0.717, 1.165) is 4.90 Å². The Kier molecular flexibility index (Phi) is 3.36. The van der Waals surface area contributed by atoms with E-state index < -0.39 is 17.3 Å². The summed E-state index contributed by atoms with van der Waals surface area (Å²) >= 11 is 0. The topological polar surface area (TPSA) is 55.6 Å². The second-order valence-corrected chi connectivity index (χ2v) is 4.19. The van der Waals surface area contributed by atoms with E-state index in [1.165, 1.54) is 25.1 Å². The lowest BCUT2D eigenvalue weighted by Gasteiger charge is -2.26. The lowest BCUT2D eigenvalue weighted by molar-refractivity contribution is -0.385. The minimum atomic E-state index is -4.49. The number of anilines is 1. The summed E-state index contributed by atoms with van der Waals surface area (Å²) in [5.41, 5.74) is 0.464. The molecule has 1 aliphatic rings. The third kappa shape index (κ3) is 2.62. The molecule has 5 nitrogen and oxygen atoms in total. The van der Waals surface area contributed by atoms with Crippen LogP contribution >= 0.6 is 0 Å². The molecule has 1 fully saturated rings. The van der Waals surface area contributed by atoms with Gasteiger partial charge >= 0.3 is 6.18 Å². The van der Waals surface area contributed by atoms with Crippen molar-refractivity contribution in [3.05, 3.63) is 33.9 Å². The molecule has 0 spiro atoms. The summed E-state index contributed by atoms with van der Waals surface area (Å²) in [7, 11) is 0. The van der Waals surface area contributed by atoms with Crippen LogP contribution in [0.1, 0.15) is 5.56 Å². The quantitative estimate of drug-likeness (QED) is 0.615. The van der Waals surface area contributed by atoms with Crippen LogP contribution in [0.15, 0.2) is 18.2 Å². The van der Waals surface area contributed by atoms with Gasteiger partial charge < -0.3 is 9.64 Å². The van der Waals surface area contributed by atoms with E-state index in [1.54, 1.807) is 0 Å². The lowest BCUT2D eigenvalue weighted by atomic mass is 10.1. The van der Waals surface area contributed by atoms with Gasteiger partial charge in [0.25, 0.3) is 5.69 Å². The highest BCUT2D eigenvalue weighted by Crippen LogP contribution is 2.34. The van der Waals surface area contributed by atoms with Crippen LogP contribution in [-0.4, -0.2) is 30.5 Å². The molecule has 1 heterocycles. The molecule has 0 bridgehead atoms. The third-order valence-corrected chi connectivity index (χ3v) is 2.88. The standard InChI is InChI=1S/C11H11F3N2O3/c1-7-6-8(2-3-9(7)16(17)18)15-4-5-19-10(15)11(12,13)14/h2-3,6,10H,4-5H2,1H3. The third-order valence-electron chi connectivity index (χ3n) is 2.88. The zero-order valence-electron chi connectivity index (χ0n) is 9.98. The number of nitrogens with zero attached hydrogens (tertiary/aromatic N) is 2. The van der Waals surface area contributed by atoms with Gasteiger partial charge in [0.15, 0.2) is 0 Å². The van der Waals surface area contributed by atoms with Crippen LogP contribution in [0.5, 0.6) is 0 Å². The van der Waals surface area contributed by atoms with Crippen LogP contribution in [0.25, 0.3) is 0 Å². The molecule has 1 unspecified atom stereocenters. The van der Waals surface area contributed by atoms with Crippen molar-refractivity contribution in [1.29, 1.82) is 0 Å². The predicted molar refractivity (Wildman–Crippen MR) is 61.0 cm³/mol. The van der Waals surface area contributed by atoms with Gasteiger partial charge in [-0.3, -0.25) is 10.1 Å². The van der Waals surface area contributed by atoms with Gasteiger partial charge in [0.1, 0.15) is 0 Å². The molecule has 0 amide bonds. The second kappa shape index (κ2) is 4.69. The highest BCUT2D eigenvalue weighted by Gasteiger charge is 2.47. The minimum absolute atomic E-state index is 0.0276. The Morgan fingerprint density at radius 1 is 1.47 bits per heavy atom. The van der Waals surface area contributed by atoms with E-state index >= 15 is 0 Å². The molecule has 8 heteroatoms. The van der Waals surface area contributed by atoms with Crippen LogP contribution in [0.4, 0.5) is 24.5 Å². The number of hydrogen-bond donors (Lipinski definition) is 0. The van der Waals surface area contributed by atoms with Gasteiger partial charge in [-0.2, -0.15) is 13.2 Å². The first-order chi connectivity index (χ1) is 8.80. The highest BCUT2D eigenvalue weighted by molar-refractivity contribution is 5.56. The summed E-state index contributed by atoms with van der Waals surface area (Å²) in [5.74, 6) is 0. The lowest BCUT2D eigenvalue weighted by Crippen LogP contribution is -2.42. The van der Waals surface area contributed by atoms with Crippen LogP contribution in [-0.2, 0) is 4.74 Å². The van der Waals surface area contributed by atoms with Crippen molar-refractivity contribution in [3.8, 4) is 0 Å². The monoisotopic (exact) mass is 276 g/mol. The summed E-state index contributed by atoms with van der Waals surface area (Å²) in [6.07, 6.45) is -6.49. The fourth-order valence-corrected chi connectivity index (χ4v) is 2.03. The Balaban J connectivity index is 2.32. The van der Waals surface area contributed by atoms with Gasteiger partial charge in [-0.25, -0.2) is 0 Å². The molecule has 1 aliphatic heterocycles. The molecule has 104 valence electrons. The van der Waals surface area contributed by atoms with E-state index in [-0.39, 0.29) is 24.5 Å². The first-order valence-electron chi connectivity index (χ1n) is 5.50. The number of benzene rings is 1. The van der Waals surface area contributed by atoms with E-state index in [9.17, 15) is 23.3 Å². The van der Waals surface area contributed by atoms with Gasteiger partial charge in [-0.05, 0) is 19.1 Å². The molecule has 1 atom stereocenters. The summed E-state index contributed by atoms with van der Waals surface area (Å²) in [5, 5.41) is 10.7. The number of alkyl halides is 3. The average Bonchev–Trinajstić information content (AvgIpc) is 2.76. The number of aryl methyl sites for hydroxylation is 1. The molecule has 2 rings (SSSR count). The van der Waals surface area contributed by atoms with Crippen LogP contribution < -0.4 is 4.90 Å². The minimum Gasteiger partial charge on any atom is -0.348 e. The zero-order valence-corrected chi connectivity index (χ0v) is 9.98. The maximum Gasteiger partial charge on any atom is 0.433 e. The van der Waals surface area contributed by atoms with Crippen molar-refractivity contribution >= 4 is 11.4 Å². The van der Waals surface area contributed by atoms with Crippen molar-refractivity contribution < 1.29 is 22.8 Å². The Morgan fingerprint density at radius 2 is 2.16 bits per heavy atom. The van der Waals surface area contributed by atoms with Crippen molar-refractivity contribution in [1.82, 2.24) is 0 Å². The van der Waals surface area contributed by atoms with E-state index in [0.29, 0.717) is 5.56 Å². The van der Waals surface area contributed by atoms with Crippen LogP contribution in [0.3, 0.4) is 0 Å². The predicted octanol–water partition coefficient (Wildman–Crippen LogP) is 2.63. The molecule has 1 aromatic rings. The molecule has 0 aliphatic carbocycles. The van der Waals surface area contributed by atoms with Crippen molar-refractivity contribution in [2.45, 2.75) is 19.3 Å². The van der Waals surface area contributed by atoms with Crippen molar-refractivity contribution in [2.75, 3.05) is 18.1 Å². The SMILES string of the molecule is Cc1cc(N2CCOC2C(F)(F)F)ccc1[N+](=O)[O-]. The van der Waals surface area contributed by atoms with E-state index in [1.807, 2.05) is 0 Å². The summed E-state index contributed by atoms with van der Waals surface area (Å²) in [4.78, 5) is 11.1.